The van der Waals surface area contributed by atoms with Crippen molar-refractivity contribution < 1.29 is 14.7 Å². The molecule has 0 aromatic carbocycles. The van der Waals surface area contributed by atoms with Crippen LogP contribution in [-0.2, 0) is 4.79 Å². The number of carboxylic acid groups (broad SMARTS) is 1. The number of amides is 2. The monoisotopic (exact) mass is 301 g/mol. The van der Waals surface area contributed by atoms with Gasteiger partial charge in [-0.3, -0.25) is 0 Å². The van der Waals surface area contributed by atoms with E-state index in [4.69, 9.17) is 0 Å². The molecule has 114 valence electrons. The Morgan fingerprint density at radius 3 is 2.70 bits per heavy atom. The normalized spacial score (nSPS) is 23.9. The molecule has 2 aliphatic rings. The van der Waals surface area contributed by atoms with Crippen LogP contribution in [0.3, 0.4) is 0 Å². The molecule has 2 amide bonds. The van der Waals surface area contributed by atoms with Crippen LogP contribution in [0.2, 0.25) is 0 Å². The summed E-state index contributed by atoms with van der Waals surface area (Å²) in [7, 11) is 0. The molecular weight excluding hydrogens is 278 g/mol. The van der Waals surface area contributed by atoms with Crippen molar-refractivity contribution >= 4 is 23.8 Å². The highest BCUT2D eigenvalue weighted by molar-refractivity contribution is 7.99. The minimum Gasteiger partial charge on any atom is -0.480 e. The van der Waals surface area contributed by atoms with Gasteiger partial charge >= 0.3 is 12.0 Å². The van der Waals surface area contributed by atoms with E-state index in [1.807, 2.05) is 4.90 Å². The number of hydrogen-bond acceptors (Lipinski definition) is 4. The van der Waals surface area contributed by atoms with Gasteiger partial charge < -0.3 is 20.2 Å². The Balaban J connectivity index is 2.07. The number of carboxylic acids is 1. The Morgan fingerprint density at radius 2 is 2.10 bits per heavy atom. The number of hydrogen-bond donors (Lipinski definition) is 2. The van der Waals surface area contributed by atoms with Gasteiger partial charge in [-0.15, -0.1) is 11.8 Å². The summed E-state index contributed by atoms with van der Waals surface area (Å²) in [5, 5.41) is 12.5. The van der Waals surface area contributed by atoms with Gasteiger partial charge in [-0.25, -0.2) is 9.59 Å². The van der Waals surface area contributed by atoms with Gasteiger partial charge in [0.15, 0.2) is 0 Å². The van der Waals surface area contributed by atoms with E-state index < -0.39 is 12.0 Å². The van der Waals surface area contributed by atoms with Crippen molar-refractivity contribution in [2.45, 2.75) is 38.3 Å². The van der Waals surface area contributed by atoms with Gasteiger partial charge in [0.05, 0.1) is 5.88 Å². The summed E-state index contributed by atoms with van der Waals surface area (Å²) in [6, 6.07) is -0.534. The molecule has 0 unspecified atom stereocenters. The molecule has 20 heavy (non-hydrogen) atoms. The lowest BCUT2D eigenvalue weighted by atomic mass is 10.0. The summed E-state index contributed by atoms with van der Waals surface area (Å²) in [6.07, 6.45) is 2.79. The number of nitrogens with zero attached hydrogens (tertiary/aromatic N) is 2. The van der Waals surface area contributed by atoms with Crippen LogP contribution >= 0.6 is 11.8 Å². The Labute approximate surface area is 123 Å². The third kappa shape index (κ3) is 3.38. The number of rotatable bonds is 4. The molecule has 2 aliphatic heterocycles. The fourth-order valence-electron chi connectivity index (χ4n) is 2.79. The van der Waals surface area contributed by atoms with E-state index in [-0.39, 0.29) is 12.1 Å². The zero-order valence-corrected chi connectivity index (χ0v) is 12.7. The molecule has 6 nitrogen and oxygen atoms in total. The van der Waals surface area contributed by atoms with Gasteiger partial charge in [-0.05, 0) is 32.4 Å². The number of carbonyl (C=O) groups is 2. The zero-order chi connectivity index (χ0) is 14.5. The Bertz CT molecular complexity index is 361. The molecule has 1 atom stereocenters. The molecule has 0 bridgehead atoms. The van der Waals surface area contributed by atoms with Crippen LogP contribution in [0.4, 0.5) is 4.79 Å². The van der Waals surface area contributed by atoms with Crippen LogP contribution in [0, 0.1) is 0 Å². The maximum atomic E-state index is 12.7. The average Bonchev–Trinajstić information content (AvgIpc) is 2.94. The molecule has 2 saturated heterocycles. The van der Waals surface area contributed by atoms with Crippen molar-refractivity contribution in [1.29, 1.82) is 0 Å². The summed E-state index contributed by atoms with van der Waals surface area (Å²) < 4.78 is 0. The van der Waals surface area contributed by atoms with Gasteiger partial charge in [-0.2, -0.15) is 0 Å². The second-order valence-corrected chi connectivity index (χ2v) is 6.28. The summed E-state index contributed by atoms with van der Waals surface area (Å²) in [6.45, 7) is 4.61. The second kappa shape index (κ2) is 7.17. The highest BCUT2D eigenvalue weighted by Gasteiger charge is 2.38. The Morgan fingerprint density at radius 1 is 1.40 bits per heavy atom. The summed E-state index contributed by atoms with van der Waals surface area (Å²) in [5.74, 6) is 0.0824. The van der Waals surface area contributed by atoms with Crippen LogP contribution in [0.15, 0.2) is 0 Å². The van der Waals surface area contributed by atoms with Gasteiger partial charge in [0, 0.05) is 18.3 Å². The van der Waals surface area contributed by atoms with E-state index in [9.17, 15) is 14.7 Å². The van der Waals surface area contributed by atoms with E-state index in [2.05, 4.69) is 12.2 Å². The molecule has 0 saturated carbocycles. The average molecular weight is 301 g/mol. The van der Waals surface area contributed by atoms with E-state index in [0.717, 1.165) is 32.4 Å². The lowest BCUT2D eigenvalue weighted by molar-refractivity contribution is -0.141. The number of carbonyl (C=O) groups excluding carboxylic acids is 1. The van der Waals surface area contributed by atoms with Crippen molar-refractivity contribution in [2.24, 2.45) is 0 Å². The lowest BCUT2D eigenvalue weighted by Gasteiger charge is -2.37. The molecule has 2 rings (SSSR count). The number of aliphatic carboxylic acids is 1. The summed E-state index contributed by atoms with van der Waals surface area (Å²) >= 11 is 1.51. The fraction of sp³-hybridized carbons (Fsp3) is 0.846. The minimum absolute atomic E-state index is 0.101. The molecule has 2 heterocycles. The number of nitrogens with one attached hydrogen (secondary N) is 1. The SMILES string of the molecule is CCCN(C(=O)N1CSC[C@H]1C(=O)O)C1CCNCC1. The first-order valence-electron chi connectivity index (χ1n) is 7.23. The summed E-state index contributed by atoms with van der Waals surface area (Å²) in [4.78, 5) is 27.4. The van der Waals surface area contributed by atoms with Crippen LogP contribution in [0.5, 0.6) is 0 Å². The van der Waals surface area contributed by atoms with Crippen molar-refractivity contribution in [2.75, 3.05) is 31.3 Å². The first-order chi connectivity index (χ1) is 9.65. The highest BCUT2D eigenvalue weighted by Crippen LogP contribution is 2.24. The van der Waals surface area contributed by atoms with Crippen molar-refractivity contribution in [3.8, 4) is 0 Å². The lowest BCUT2D eigenvalue weighted by Crippen LogP contribution is -2.54. The second-order valence-electron chi connectivity index (χ2n) is 5.28. The molecule has 0 spiro atoms. The molecular formula is C13H23N3O3S. The van der Waals surface area contributed by atoms with Crippen LogP contribution in [0.25, 0.3) is 0 Å². The molecule has 0 aromatic rings. The van der Waals surface area contributed by atoms with E-state index in [1.54, 1.807) is 0 Å². The fourth-order valence-corrected chi connectivity index (χ4v) is 3.93. The van der Waals surface area contributed by atoms with Crippen LogP contribution in [0.1, 0.15) is 26.2 Å². The van der Waals surface area contributed by atoms with Crippen LogP contribution in [-0.4, -0.2) is 70.3 Å². The number of urea groups is 1. The third-order valence-corrected chi connectivity index (χ3v) is 4.88. The van der Waals surface area contributed by atoms with E-state index >= 15 is 0 Å². The molecule has 2 fully saturated rings. The van der Waals surface area contributed by atoms with Gasteiger partial charge in [-0.1, -0.05) is 6.92 Å². The Kier molecular flexibility index (Phi) is 5.54. The van der Waals surface area contributed by atoms with Crippen molar-refractivity contribution in [3.05, 3.63) is 0 Å². The number of piperidine rings is 1. The maximum absolute atomic E-state index is 12.7. The smallest absolute Gasteiger partial charge is 0.327 e. The highest BCUT2D eigenvalue weighted by atomic mass is 32.2. The largest absolute Gasteiger partial charge is 0.480 e. The summed E-state index contributed by atoms with van der Waals surface area (Å²) in [5.41, 5.74) is 0. The van der Waals surface area contributed by atoms with Gasteiger partial charge in [0.25, 0.3) is 0 Å². The molecule has 0 aromatic heterocycles. The molecule has 2 N–H and O–H groups in total. The quantitative estimate of drug-likeness (QED) is 0.811. The predicted octanol–water partition coefficient (Wildman–Crippen LogP) is 1.03. The third-order valence-electron chi connectivity index (χ3n) is 3.87. The first kappa shape index (κ1) is 15.4. The maximum Gasteiger partial charge on any atom is 0.327 e. The minimum atomic E-state index is -0.898. The topological polar surface area (TPSA) is 72.9 Å². The standard InChI is InChI=1S/C13H23N3O3S/c1-2-7-15(10-3-5-14-6-4-10)13(19)16-9-20-8-11(16)12(17)18/h10-11,14H,2-9H2,1H3,(H,17,18)/t11-/m0/s1. The molecule has 0 aliphatic carbocycles. The Hall–Kier alpha value is -0.950. The van der Waals surface area contributed by atoms with Crippen molar-refractivity contribution in [3.63, 3.8) is 0 Å². The van der Waals surface area contributed by atoms with Crippen molar-refractivity contribution in [1.82, 2.24) is 15.1 Å². The van der Waals surface area contributed by atoms with Crippen LogP contribution < -0.4 is 5.32 Å². The van der Waals surface area contributed by atoms with Gasteiger partial charge in [0.2, 0.25) is 0 Å². The molecule has 7 heteroatoms. The van der Waals surface area contributed by atoms with Gasteiger partial charge in [0.1, 0.15) is 6.04 Å². The zero-order valence-electron chi connectivity index (χ0n) is 11.9. The number of thioether (sulfide) groups is 1. The first-order valence-corrected chi connectivity index (χ1v) is 8.39. The molecule has 0 radical (unpaired) electrons. The van der Waals surface area contributed by atoms with E-state index in [1.165, 1.54) is 16.7 Å². The van der Waals surface area contributed by atoms with E-state index in [0.29, 0.717) is 18.2 Å². The predicted molar refractivity (Wildman–Crippen MR) is 78.9 cm³/mol.